The summed E-state index contributed by atoms with van der Waals surface area (Å²) in [5, 5.41) is 5.47. The van der Waals surface area contributed by atoms with Crippen molar-refractivity contribution in [3.63, 3.8) is 0 Å². The van der Waals surface area contributed by atoms with Crippen LogP contribution in [-0.4, -0.2) is 86.6 Å². The molecule has 2 bridgehead atoms. The molecule has 3 aliphatic carbocycles. The van der Waals surface area contributed by atoms with Crippen molar-refractivity contribution in [1.29, 1.82) is 0 Å². The number of hydrogen-bond acceptors (Lipinski definition) is 8. The number of aromatic amines is 2. The number of nitrogens with zero attached hydrogens (tertiary/aromatic N) is 4. The zero-order valence-electron chi connectivity index (χ0n) is 39.1. The third-order valence-corrected chi connectivity index (χ3v) is 15.8. The summed E-state index contributed by atoms with van der Waals surface area (Å²) in [4.78, 5) is 73.7. The summed E-state index contributed by atoms with van der Waals surface area (Å²) in [6, 6.07) is 22.9. The van der Waals surface area contributed by atoms with Gasteiger partial charge in [0.2, 0.25) is 5.91 Å². The summed E-state index contributed by atoms with van der Waals surface area (Å²) in [6.45, 7) is 6.33. The molecule has 356 valence electrons. The number of benzene rings is 4. The third-order valence-electron chi connectivity index (χ3n) is 15.8. The number of piperidine rings is 1. The number of hydrogen-bond donors (Lipinski definition) is 4. The van der Waals surface area contributed by atoms with Crippen molar-refractivity contribution in [3.8, 4) is 33.5 Å². The number of rotatable bonds is 10. The smallest absolute Gasteiger partial charge is 0.407 e. The fraction of sp³-hybridized carbons (Fsp3) is 0.396. The van der Waals surface area contributed by atoms with Crippen LogP contribution in [0, 0.1) is 17.3 Å². The Morgan fingerprint density at radius 2 is 1.48 bits per heavy atom. The van der Waals surface area contributed by atoms with Crippen molar-refractivity contribution in [2.75, 3.05) is 20.8 Å². The number of aromatic nitrogens is 4. The van der Waals surface area contributed by atoms with Crippen LogP contribution in [0.2, 0.25) is 0 Å². The van der Waals surface area contributed by atoms with Crippen molar-refractivity contribution in [3.05, 3.63) is 119 Å². The van der Waals surface area contributed by atoms with Crippen LogP contribution in [0.15, 0.2) is 91.1 Å². The zero-order valence-corrected chi connectivity index (χ0v) is 39.1. The van der Waals surface area contributed by atoms with Gasteiger partial charge in [-0.15, -0.1) is 0 Å². The number of imidazole rings is 2. The van der Waals surface area contributed by atoms with Gasteiger partial charge in [0.25, 0.3) is 11.8 Å². The van der Waals surface area contributed by atoms with Gasteiger partial charge >= 0.3 is 12.2 Å². The van der Waals surface area contributed by atoms with E-state index in [-0.39, 0.29) is 52.3 Å². The highest BCUT2D eigenvalue weighted by atomic mass is 19.3. The average molecular weight is 937 g/mol. The van der Waals surface area contributed by atoms with Gasteiger partial charge in [-0.2, -0.15) is 8.78 Å². The molecule has 11 rings (SSSR count). The van der Waals surface area contributed by atoms with Gasteiger partial charge in [-0.3, -0.25) is 9.59 Å². The molecule has 5 aliphatic rings. The molecule has 1 spiro atoms. The average Bonchev–Trinajstić information content (AvgIpc) is 4.00. The number of nitrogens with one attached hydrogen (secondary N) is 4. The Morgan fingerprint density at radius 1 is 0.812 bits per heavy atom. The van der Waals surface area contributed by atoms with Gasteiger partial charge in [-0.05, 0) is 115 Å². The first-order chi connectivity index (χ1) is 33.1. The van der Waals surface area contributed by atoms with Crippen molar-refractivity contribution >= 4 is 35.0 Å². The lowest BCUT2D eigenvalue weighted by Crippen LogP contribution is -2.55. The summed E-state index contributed by atoms with van der Waals surface area (Å²) in [5.74, 6) is -2.61. The van der Waals surface area contributed by atoms with E-state index in [1.165, 1.54) is 20.3 Å². The SMILES string of the molecule is COC(=O)N[C@H](C(=O)N1CC2(CC2)C[C@H]1c1ncc(-c2ccc3c(c2)C(F)(F)c2cc(-c4ccc5nc([C@]6(C)[C@H]7CC[C@H](C7)N6C(=O)[C@H](NC(=O)OC)c6ccccc6)[nH]c5c4)ccc2-3)[nH]1)C(C)C. The maximum absolute atomic E-state index is 16.8. The highest BCUT2D eigenvalue weighted by Gasteiger charge is 2.59. The summed E-state index contributed by atoms with van der Waals surface area (Å²) in [6.07, 6.45) is 5.54. The molecule has 2 aliphatic heterocycles. The number of ether oxygens (including phenoxy) is 2. The van der Waals surface area contributed by atoms with E-state index in [0.717, 1.165) is 44.1 Å². The second kappa shape index (κ2) is 16.3. The molecule has 2 aromatic heterocycles. The fourth-order valence-corrected chi connectivity index (χ4v) is 11.8. The van der Waals surface area contributed by atoms with Crippen LogP contribution in [0.1, 0.15) is 99.7 Å². The van der Waals surface area contributed by atoms with Crippen LogP contribution in [0.3, 0.4) is 0 Å². The number of amides is 4. The molecule has 2 saturated heterocycles. The van der Waals surface area contributed by atoms with Crippen molar-refractivity contribution < 1.29 is 37.4 Å². The van der Waals surface area contributed by atoms with E-state index < -0.39 is 35.7 Å². The van der Waals surface area contributed by atoms with Crippen LogP contribution >= 0.6 is 0 Å². The molecular weight excluding hydrogens is 883 g/mol. The van der Waals surface area contributed by atoms with Gasteiger partial charge in [0, 0.05) is 29.3 Å². The monoisotopic (exact) mass is 936 g/mol. The first kappa shape index (κ1) is 44.4. The molecule has 2 saturated carbocycles. The molecule has 0 radical (unpaired) electrons. The number of fused-ring (bicyclic) bond motifs is 6. The molecular formula is C53H54F2N8O6. The van der Waals surface area contributed by atoms with Crippen LogP contribution in [0.25, 0.3) is 44.5 Å². The number of methoxy groups -OCH3 is 2. The predicted molar refractivity (Wildman–Crippen MR) is 252 cm³/mol. The Bertz CT molecular complexity index is 3060. The predicted octanol–water partition coefficient (Wildman–Crippen LogP) is 9.50. The van der Waals surface area contributed by atoms with Crippen LogP contribution in [0.4, 0.5) is 18.4 Å². The molecule has 69 heavy (non-hydrogen) atoms. The normalized spacial score (nSPS) is 23.2. The molecule has 14 nitrogen and oxygen atoms in total. The molecule has 4 fully saturated rings. The number of carbonyl (C=O) groups is 4. The highest BCUT2D eigenvalue weighted by Crippen LogP contribution is 2.59. The minimum absolute atomic E-state index is 0.00439. The molecule has 0 unspecified atom stereocenters. The van der Waals surface area contributed by atoms with E-state index >= 15 is 8.78 Å². The Kier molecular flexibility index (Phi) is 10.5. The van der Waals surface area contributed by atoms with Crippen LogP contribution < -0.4 is 10.6 Å². The van der Waals surface area contributed by atoms with Crippen molar-refractivity contribution in [1.82, 2.24) is 40.4 Å². The summed E-state index contributed by atoms with van der Waals surface area (Å²) in [7, 11) is 2.53. The lowest BCUT2D eigenvalue weighted by Gasteiger charge is -2.44. The molecule has 6 atom stereocenters. The van der Waals surface area contributed by atoms with E-state index in [2.05, 4.69) is 20.6 Å². The summed E-state index contributed by atoms with van der Waals surface area (Å²) >= 11 is 0. The zero-order chi connectivity index (χ0) is 48.1. The van der Waals surface area contributed by atoms with Gasteiger partial charge in [0.15, 0.2) is 0 Å². The molecule has 4 N–H and O–H groups in total. The molecule has 16 heteroatoms. The van der Waals surface area contributed by atoms with Crippen molar-refractivity contribution in [2.45, 2.75) is 94.9 Å². The van der Waals surface area contributed by atoms with Crippen molar-refractivity contribution in [2.24, 2.45) is 17.3 Å². The summed E-state index contributed by atoms with van der Waals surface area (Å²) < 4.78 is 43.3. The van der Waals surface area contributed by atoms with Gasteiger partial charge in [0.05, 0.1) is 43.2 Å². The molecule has 4 aromatic carbocycles. The van der Waals surface area contributed by atoms with E-state index in [9.17, 15) is 19.2 Å². The van der Waals surface area contributed by atoms with E-state index in [0.29, 0.717) is 62.7 Å². The number of H-pyrrole nitrogens is 2. The second-order valence-corrected chi connectivity index (χ2v) is 20.1. The first-order valence-electron chi connectivity index (χ1n) is 23.7. The Morgan fingerprint density at radius 3 is 2.17 bits per heavy atom. The minimum Gasteiger partial charge on any atom is -0.453 e. The standard InChI is InChI=1S/C53H54F2N8O6/c1-28(2)43(60-49(66)68-4)46(64)62-27-52(19-20-52)25-42(62)45-56-26-41(57-45)32-12-17-36-35-16-11-30(21-37(35)53(54,55)38(36)22-32)31-13-18-39-40(23-31)59-48(58-39)51(3)33-14-15-34(24-33)63(51)47(65)44(61-50(67)69-5)29-9-7-6-8-10-29/h6-13,16-18,21-23,26,28,33-34,42-44H,14-15,19-20,24-25,27H2,1-5H3,(H,56,57)(H,58,59)(H,60,66)(H,61,67)/t33-,34+,42-,43-,44+,51-/m0/s1. The van der Waals surface area contributed by atoms with Gasteiger partial charge in [0.1, 0.15) is 29.3 Å². The number of alkyl halides is 2. The van der Waals surface area contributed by atoms with Crippen LogP contribution in [0.5, 0.6) is 0 Å². The van der Waals surface area contributed by atoms with E-state index in [1.807, 2.05) is 86.3 Å². The number of likely N-dealkylation sites (tertiary alicyclic amines) is 2. The van der Waals surface area contributed by atoms with Crippen LogP contribution in [-0.2, 0) is 30.5 Å². The number of halogens is 2. The fourth-order valence-electron chi connectivity index (χ4n) is 11.8. The lowest BCUT2D eigenvalue weighted by molar-refractivity contribution is -0.143. The number of carbonyl (C=O) groups excluding carboxylic acids is 4. The second-order valence-electron chi connectivity index (χ2n) is 20.1. The van der Waals surface area contributed by atoms with E-state index in [1.54, 1.807) is 29.3 Å². The summed E-state index contributed by atoms with van der Waals surface area (Å²) in [5.41, 5.74) is 4.40. The minimum atomic E-state index is -3.30. The quantitative estimate of drug-likeness (QED) is 0.105. The molecule has 4 heterocycles. The maximum Gasteiger partial charge on any atom is 0.407 e. The highest BCUT2D eigenvalue weighted by molar-refractivity contribution is 5.90. The molecule has 6 aromatic rings. The first-order valence-corrected chi connectivity index (χ1v) is 23.7. The Labute approximate surface area is 397 Å². The Balaban J connectivity index is 0.855. The van der Waals surface area contributed by atoms with Gasteiger partial charge < -0.3 is 39.9 Å². The topological polar surface area (TPSA) is 175 Å². The van der Waals surface area contributed by atoms with Gasteiger partial charge in [-0.1, -0.05) is 74.5 Å². The van der Waals surface area contributed by atoms with Gasteiger partial charge in [-0.25, -0.2) is 19.6 Å². The molecule has 4 amide bonds. The number of alkyl carbamates (subject to hydrolysis) is 2. The Hall–Kier alpha value is -7.10. The largest absolute Gasteiger partial charge is 0.453 e. The maximum atomic E-state index is 16.8. The third kappa shape index (κ3) is 7.23. The van der Waals surface area contributed by atoms with E-state index in [4.69, 9.17) is 19.4 Å². The lowest BCUT2D eigenvalue weighted by atomic mass is 9.83.